The van der Waals surface area contributed by atoms with E-state index in [2.05, 4.69) is 10.2 Å². The number of halogens is 3. The van der Waals surface area contributed by atoms with E-state index >= 15 is 0 Å². The Bertz CT molecular complexity index is 1080. The van der Waals surface area contributed by atoms with Crippen LogP contribution >= 0.6 is 11.3 Å². The van der Waals surface area contributed by atoms with E-state index in [0.717, 1.165) is 23.4 Å². The maximum Gasteiger partial charge on any atom is 0.416 e. The summed E-state index contributed by atoms with van der Waals surface area (Å²) in [6, 6.07) is 10.7. The largest absolute Gasteiger partial charge is 0.416 e. The van der Waals surface area contributed by atoms with Crippen LogP contribution in [0.25, 0.3) is 11.3 Å². The number of hydrogen-bond acceptors (Lipinski definition) is 5. The average Bonchev–Trinajstić information content (AvgIpc) is 3.02. The number of rotatable bonds is 4. The molecule has 1 aromatic heterocycles. The van der Waals surface area contributed by atoms with Crippen molar-refractivity contribution in [3.8, 4) is 11.3 Å². The Labute approximate surface area is 161 Å². The molecule has 0 unspecified atom stereocenters. The topological polar surface area (TPSA) is 72.8 Å². The van der Waals surface area contributed by atoms with Crippen LogP contribution in [0.2, 0.25) is 0 Å². The molecule has 6 nitrogen and oxygen atoms in total. The normalized spacial score (nSPS) is 12.6. The van der Waals surface area contributed by atoms with Gasteiger partial charge in [0.05, 0.1) is 22.4 Å². The number of hydrogen-bond donors (Lipinski definition) is 0. The van der Waals surface area contributed by atoms with E-state index in [0.29, 0.717) is 10.4 Å². The molecule has 0 saturated heterocycles. The molecule has 144 valence electrons. The second-order valence-electron chi connectivity index (χ2n) is 5.73. The van der Waals surface area contributed by atoms with Gasteiger partial charge in [0.15, 0.2) is 0 Å². The molecule has 0 radical (unpaired) electrons. The van der Waals surface area contributed by atoms with Gasteiger partial charge in [-0.1, -0.05) is 12.1 Å². The zero-order chi connectivity index (χ0) is 20.3. The van der Waals surface area contributed by atoms with Gasteiger partial charge in [-0.05, 0) is 35.4 Å². The van der Waals surface area contributed by atoms with E-state index in [1.54, 1.807) is 23.7 Å². The van der Waals surface area contributed by atoms with Crippen molar-refractivity contribution in [3.05, 3.63) is 80.0 Å². The quantitative estimate of drug-likeness (QED) is 0.360. The van der Waals surface area contributed by atoms with Crippen LogP contribution in [0, 0.1) is 10.1 Å². The second-order valence-corrected chi connectivity index (χ2v) is 6.57. The monoisotopic (exact) mass is 406 g/mol. The lowest BCUT2D eigenvalue weighted by molar-refractivity contribution is -0.384. The van der Waals surface area contributed by atoms with Crippen LogP contribution in [0.5, 0.6) is 0 Å². The molecule has 0 aliphatic carbocycles. The average molecular weight is 406 g/mol. The molecule has 0 amide bonds. The molecule has 28 heavy (non-hydrogen) atoms. The summed E-state index contributed by atoms with van der Waals surface area (Å²) in [4.78, 5) is 10.8. The molecule has 2 aromatic carbocycles. The maximum absolute atomic E-state index is 12.6. The van der Waals surface area contributed by atoms with Gasteiger partial charge in [-0.3, -0.25) is 10.1 Å². The molecule has 0 aliphatic heterocycles. The number of benzene rings is 2. The van der Waals surface area contributed by atoms with E-state index in [9.17, 15) is 23.3 Å². The number of non-ortho nitro benzene ring substituents is 1. The summed E-state index contributed by atoms with van der Waals surface area (Å²) in [7, 11) is 1.78. The fraction of sp³-hybridized carbons (Fsp3) is 0.111. The summed E-state index contributed by atoms with van der Waals surface area (Å²) in [5, 5.41) is 20.6. The summed E-state index contributed by atoms with van der Waals surface area (Å²) in [5.41, 5.74) is 1.37. The van der Waals surface area contributed by atoms with Crippen LogP contribution in [0.15, 0.2) is 64.1 Å². The predicted octanol–water partition coefficient (Wildman–Crippen LogP) is 4.62. The van der Waals surface area contributed by atoms with Crippen molar-refractivity contribution in [1.82, 2.24) is 4.57 Å². The summed E-state index contributed by atoms with van der Waals surface area (Å²) in [6.07, 6.45) is -3.01. The highest BCUT2D eigenvalue weighted by Gasteiger charge is 2.29. The van der Waals surface area contributed by atoms with Gasteiger partial charge in [0.25, 0.3) is 5.69 Å². The molecule has 0 N–H and O–H groups in total. The third-order valence-corrected chi connectivity index (χ3v) is 4.79. The van der Waals surface area contributed by atoms with Crippen molar-refractivity contribution in [1.29, 1.82) is 0 Å². The van der Waals surface area contributed by atoms with E-state index in [4.69, 9.17) is 0 Å². The van der Waals surface area contributed by atoms with Gasteiger partial charge in [-0.25, -0.2) is 0 Å². The Morgan fingerprint density at radius 3 is 2.32 bits per heavy atom. The van der Waals surface area contributed by atoms with E-state index < -0.39 is 16.7 Å². The van der Waals surface area contributed by atoms with Crippen molar-refractivity contribution < 1.29 is 18.1 Å². The fourth-order valence-electron chi connectivity index (χ4n) is 2.38. The summed E-state index contributed by atoms with van der Waals surface area (Å²) < 4.78 is 39.4. The lowest BCUT2D eigenvalue weighted by atomic mass is 10.1. The molecular weight excluding hydrogens is 393 g/mol. The molecule has 0 bridgehead atoms. The first-order chi connectivity index (χ1) is 13.3. The van der Waals surface area contributed by atoms with Crippen LogP contribution in [0.3, 0.4) is 0 Å². The SMILES string of the molecule is Cn1c(-c2ccc([N+](=O)[O-])cc2)cs/c1=N/N=C/c1ccc(C(F)(F)F)cc1. The van der Waals surface area contributed by atoms with Gasteiger partial charge >= 0.3 is 6.18 Å². The van der Waals surface area contributed by atoms with Crippen LogP contribution in [-0.4, -0.2) is 15.7 Å². The smallest absolute Gasteiger partial charge is 0.318 e. The van der Waals surface area contributed by atoms with Crippen molar-refractivity contribution >= 4 is 23.2 Å². The van der Waals surface area contributed by atoms with Crippen LogP contribution < -0.4 is 4.80 Å². The van der Waals surface area contributed by atoms with Gasteiger partial charge in [-0.2, -0.15) is 18.3 Å². The Kier molecular flexibility index (Phi) is 5.41. The molecule has 0 saturated carbocycles. The summed E-state index contributed by atoms with van der Waals surface area (Å²) in [6.45, 7) is 0. The van der Waals surface area contributed by atoms with Crippen molar-refractivity contribution in [2.24, 2.45) is 17.3 Å². The Balaban J connectivity index is 1.80. The minimum atomic E-state index is -4.38. The molecule has 0 aliphatic rings. The minimum Gasteiger partial charge on any atom is -0.318 e. The van der Waals surface area contributed by atoms with Gasteiger partial charge in [0.2, 0.25) is 4.80 Å². The Hall–Kier alpha value is -3.27. The van der Waals surface area contributed by atoms with Gasteiger partial charge in [0.1, 0.15) is 0 Å². The summed E-state index contributed by atoms with van der Waals surface area (Å²) >= 11 is 1.32. The highest BCUT2D eigenvalue weighted by atomic mass is 32.1. The van der Waals surface area contributed by atoms with E-state index in [1.807, 2.05) is 5.38 Å². The van der Waals surface area contributed by atoms with Crippen LogP contribution in [-0.2, 0) is 13.2 Å². The molecule has 0 atom stereocenters. The third kappa shape index (κ3) is 4.34. The lowest BCUT2D eigenvalue weighted by Gasteiger charge is -2.05. The predicted molar refractivity (Wildman–Crippen MR) is 100.0 cm³/mol. The summed E-state index contributed by atoms with van der Waals surface area (Å²) in [5.74, 6) is 0. The van der Waals surface area contributed by atoms with Gasteiger partial charge in [-0.15, -0.1) is 16.4 Å². The number of nitro benzene ring substituents is 1. The molecule has 0 spiro atoms. The van der Waals surface area contributed by atoms with Gasteiger partial charge < -0.3 is 4.57 Å². The molecule has 0 fully saturated rings. The molecular formula is C18H13F3N4O2S. The third-order valence-electron chi connectivity index (χ3n) is 3.89. The number of nitrogens with zero attached hydrogens (tertiary/aromatic N) is 4. The molecule has 1 heterocycles. The maximum atomic E-state index is 12.6. The van der Waals surface area contributed by atoms with Crippen molar-refractivity contribution in [2.45, 2.75) is 6.18 Å². The lowest BCUT2D eigenvalue weighted by Crippen LogP contribution is -2.10. The molecule has 3 rings (SSSR count). The zero-order valence-corrected chi connectivity index (χ0v) is 15.2. The number of alkyl halides is 3. The Morgan fingerprint density at radius 2 is 1.75 bits per heavy atom. The highest BCUT2D eigenvalue weighted by molar-refractivity contribution is 7.07. The number of aromatic nitrogens is 1. The minimum absolute atomic E-state index is 0.00712. The van der Waals surface area contributed by atoms with E-state index in [-0.39, 0.29) is 5.69 Å². The zero-order valence-electron chi connectivity index (χ0n) is 14.4. The van der Waals surface area contributed by atoms with Crippen LogP contribution in [0.4, 0.5) is 18.9 Å². The van der Waals surface area contributed by atoms with Crippen molar-refractivity contribution in [3.63, 3.8) is 0 Å². The second kappa shape index (κ2) is 7.77. The Morgan fingerprint density at radius 1 is 1.11 bits per heavy atom. The highest BCUT2D eigenvalue weighted by Crippen LogP contribution is 2.28. The van der Waals surface area contributed by atoms with Crippen LogP contribution in [0.1, 0.15) is 11.1 Å². The van der Waals surface area contributed by atoms with Gasteiger partial charge in [0, 0.05) is 24.6 Å². The standard InChI is InChI=1S/C18H13F3N4O2S/c1-24-16(13-4-8-15(9-5-13)25(26)27)11-28-17(24)23-22-10-12-2-6-14(7-3-12)18(19,20)21/h2-11H,1H3/b22-10+,23-17+. The number of nitro groups is 1. The van der Waals surface area contributed by atoms with E-state index in [1.165, 1.54) is 41.8 Å². The van der Waals surface area contributed by atoms with Crippen molar-refractivity contribution in [2.75, 3.05) is 0 Å². The fourth-order valence-corrected chi connectivity index (χ4v) is 3.24. The molecule has 3 aromatic rings. The first-order valence-electron chi connectivity index (χ1n) is 7.89. The number of thiazole rings is 1. The first-order valence-corrected chi connectivity index (χ1v) is 8.77. The molecule has 10 heteroatoms. The first kappa shape index (κ1) is 19.5.